The number of allylic oxidation sites excluding steroid dienone is 1. The summed E-state index contributed by atoms with van der Waals surface area (Å²) in [4.78, 5) is 37.4. The van der Waals surface area contributed by atoms with E-state index in [2.05, 4.69) is 0 Å². The summed E-state index contributed by atoms with van der Waals surface area (Å²) < 4.78 is 9.89. The van der Waals surface area contributed by atoms with Crippen LogP contribution in [-0.2, 0) is 19.1 Å². The normalized spacial score (nSPS) is 11.7. The molecule has 0 atom stereocenters. The molecule has 2 aromatic rings. The number of benzene rings is 2. The van der Waals surface area contributed by atoms with Gasteiger partial charge in [0.2, 0.25) is 0 Å². The summed E-state index contributed by atoms with van der Waals surface area (Å²) in [5, 5.41) is 2.34. The van der Waals surface area contributed by atoms with Gasteiger partial charge in [-0.25, -0.2) is 9.59 Å². The molecule has 0 amide bonds. The standard InChI is InChI=1S/C23H20Cl2O5S/c1-3-29-21(26)13-20(23(28)30-4-2)31-14-19(15-7-5-9-17(24)11-15)22(27)16-8-6-10-18(25)12-16/h5-14H,3-4H2,1-2H3/b19-14+,20-13-. The van der Waals surface area contributed by atoms with Crippen molar-refractivity contribution in [2.75, 3.05) is 13.2 Å². The van der Waals surface area contributed by atoms with Crippen LogP contribution in [0.4, 0.5) is 0 Å². The number of esters is 2. The first-order chi connectivity index (χ1) is 14.8. The van der Waals surface area contributed by atoms with Crippen LogP contribution >= 0.6 is 35.0 Å². The minimum absolute atomic E-state index is 0.0151. The predicted octanol–water partition coefficient (Wildman–Crippen LogP) is 5.96. The molecular formula is C23H20Cl2O5S. The summed E-state index contributed by atoms with van der Waals surface area (Å²) in [6, 6.07) is 13.3. The number of thioether (sulfide) groups is 1. The van der Waals surface area contributed by atoms with E-state index in [1.54, 1.807) is 62.4 Å². The minimum Gasteiger partial charge on any atom is -0.463 e. The molecule has 0 N–H and O–H groups in total. The summed E-state index contributed by atoms with van der Waals surface area (Å²) in [5.41, 5.74) is 1.18. The Morgan fingerprint density at radius 1 is 0.903 bits per heavy atom. The first-order valence-electron chi connectivity index (χ1n) is 9.34. The van der Waals surface area contributed by atoms with Gasteiger partial charge >= 0.3 is 11.9 Å². The van der Waals surface area contributed by atoms with Crippen molar-refractivity contribution >= 4 is 58.3 Å². The number of carbonyl (C=O) groups excluding carboxylic acids is 3. The number of halogens is 2. The van der Waals surface area contributed by atoms with Crippen molar-refractivity contribution in [1.82, 2.24) is 0 Å². The summed E-state index contributed by atoms with van der Waals surface area (Å²) in [6.07, 6.45) is 1.04. The largest absolute Gasteiger partial charge is 0.463 e. The molecule has 5 nitrogen and oxygen atoms in total. The lowest BCUT2D eigenvalue weighted by Crippen LogP contribution is -2.09. The lowest BCUT2D eigenvalue weighted by molar-refractivity contribution is -0.140. The quantitative estimate of drug-likeness (QED) is 0.251. The van der Waals surface area contributed by atoms with E-state index in [1.165, 1.54) is 5.41 Å². The maximum absolute atomic E-state index is 13.2. The average molecular weight is 479 g/mol. The molecule has 0 aromatic heterocycles. The van der Waals surface area contributed by atoms with Crippen LogP contribution in [0.2, 0.25) is 10.0 Å². The molecule has 31 heavy (non-hydrogen) atoms. The summed E-state index contributed by atoms with van der Waals surface area (Å²) in [5.74, 6) is -1.70. The number of Topliss-reactive ketones (excluding diaryl/α,β-unsaturated/α-hetero) is 1. The smallest absolute Gasteiger partial charge is 0.345 e. The fraction of sp³-hybridized carbons (Fsp3) is 0.174. The number of carbonyl (C=O) groups is 3. The highest BCUT2D eigenvalue weighted by atomic mass is 35.5. The summed E-state index contributed by atoms with van der Waals surface area (Å²) in [6.45, 7) is 3.60. The molecule has 0 bridgehead atoms. The molecule has 0 aliphatic rings. The van der Waals surface area contributed by atoms with Crippen molar-refractivity contribution in [3.8, 4) is 0 Å². The molecule has 2 aromatic carbocycles. The Morgan fingerprint density at radius 3 is 2.06 bits per heavy atom. The van der Waals surface area contributed by atoms with Gasteiger partial charge in [0, 0.05) is 27.3 Å². The van der Waals surface area contributed by atoms with Crippen molar-refractivity contribution in [3.05, 3.63) is 86.1 Å². The van der Waals surface area contributed by atoms with Crippen molar-refractivity contribution in [2.45, 2.75) is 13.8 Å². The third-order valence-electron chi connectivity index (χ3n) is 3.78. The maximum Gasteiger partial charge on any atom is 0.345 e. The second kappa shape index (κ2) is 12.3. The van der Waals surface area contributed by atoms with E-state index in [0.717, 1.165) is 17.8 Å². The second-order valence-electron chi connectivity index (χ2n) is 5.98. The Labute approximate surface area is 195 Å². The minimum atomic E-state index is -0.697. The van der Waals surface area contributed by atoms with E-state index in [9.17, 15) is 14.4 Å². The van der Waals surface area contributed by atoms with Gasteiger partial charge in [-0.15, -0.1) is 0 Å². The van der Waals surface area contributed by atoms with Crippen molar-refractivity contribution in [2.24, 2.45) is 0 Å². The van der Waals surface area contributed by atoms with Crippen LogP contribution in [0.15, 0.2) is 64.9 Å². The average Bonchev–Trinajstić information content (AvgIpc) is 2.73. The summed E-state index contributed by atoms with van der Waals surface area (Å²) in [7, 11) is 0. The molecule has 0 saturated carbocycles. The van der Waals surface area contributed by atoms with Gasteiger partial charge in [0.1, 0.15) is 4.91 Å². The Bertz CT molecular complexity index is 1030. The van der Waals surface area contributed by atoms with E-state index < -0.39 is 11.9 Å². The lowest BCUT2D eigenvalue weighted by Gasteiger charge is -2.10. The molecular weight excluding hydrogens is 459 g/mol. The van der Waals surface area contributed by atoms with Crippen LogP contribution in [-0.4, -0.2) is 30.9 Å². The van der Waals surface area contributed by atoms with Gasteiger partial charge in [-0.3, -0.25) is 4.79 Å². The van der Waals surface area contributed by atoms with E-state index >= 15 is 0 Å². The van der Waals surface area contributed by atoms with E-state index in [-0.39, 0.29) is 29.5 Å². The zero-order valence-corrected chi connectivity index (χ0v) is 19.2. The van der Waals surface area contributed by atoms with Gasteiger partial charge in [0.05, 0.1) is 13.2 Å². The predicted molar refractivity (Wildman–Crippen MR) is 124 cm³/mol. The lowest BCUT2D eigenvalue weighted by atomic mass is 9.98. The van der Waals surface area contributed by atoms with Crippen molar-refractivity contribution < 1.29 is 23.9 Å². The third kappa shape index (κ3) is 7.58. The molecule has 0 saturated heterocycles. The number of ketones is 1. The molecule has 0 unspecified atom stereocenters. The fourth-order valence-corrected chi connectivity index (χ4v) is 3.64. The Balaban J connectivity index is 2.49. The first kappa shape index (κ1) is 24.7. The highest BCUT2D eigenvalue weighted by molar-refractivity contribution is 8.06. The molecule has 0 heterocycles. The van der Waals surface area contributed by atoms with Gasteiger partial charge in [-0.1, -0.05) is 59.2 Å². The molecule has 0 fully saturated rings. The van der Waals surface area contributed by atoms with Crippen LogP contribution < -0.4 is 0 Å². The number of rotatable bonds is 9. The molecule has 0 radical (unpaired) electrons. The number of ether oxygens (including phenoxy) is 2. The Hall–Kier alpha value is -2.54. The zero-order chi connectivity index (χ0) is 22.8. The van der Waals surface area contributed by atoms with Crippen LogP contribution in [0, 0.1) is 0 Å². The molecule has 8 heteroatoms. The van der Waals surface area contributed by atoms with Crippen LogP contribution in [0.1, 0.15) is 29.8 Å². The van der Waals surface area contributed by atoms with Crippen LogP contribution in [0.5, 0.6) is 0 Å². The van der Waals surface area contributed by atoms with Crippen molar-refractivity contribution in [3.63, 3.8) is 0 Å². The van der Waals surface area contributed by atoms with Crippen molar-refractivity contribution in [1.29, 1.82) is 0 Å². The van der Waals surface area contributed by atoms with E-state index in [4.69, 9.17) is 32.7 Å². The summed E-state index contributed by atoms with van der Waals surface area (Å²) >= 11 is 13.0. The van der Waals surface area contributed by atoms with Gasteiger partial charge in [-0.05, 0) is 49.1 Å². The Kier molecular flexibility index (Phi) is 9.85. The van der Waals surface area contributed by atoms with Gasteiger partial charge in [-0.2, -0.15) is 0 Å². The van der Waals surface area contributed by atoms with Crippen LogP contribution in [0.3, 0.4) is 0 Å². The second-order valence-corrected chi connectivity index (χ2v) is 7.76. The third-order valence-corrected chi connectivity index (χ3v) is 5.15. The van der Waals surface area contributed by atoms with E-state index in [1.807, 2.05) is 0 Å². The molecule has 162 valence electrons. The topological polar surface area (TPSA) is 69.7 Å². The highest BCUT2D eigenvalue weighted by Crippen LogP contribution is 2.29. The van der Waals surface area contributed by atoms with Gasteiger partial charge in [0.15, 0.2) is 5.78 Å². The number of hydrogen-bond donors (Lipinski definition) is 0. The van der Waals surface area contributed by atoms with Crippen LogP contribution in [0.25, 0.3) is 5.57 Å². The maximum atomic E-state index is 13.2. The van der Waals surface area contributed by atoms with Gasteiger partial charge < -0.3 is 9.47 Å². The highest BCUT2D eigenvalue weighted by Gasteiger charge is 2.18. The zero-order valence-electron chi connectivity index (χ0n) is 16.9. The van der Waals surface area contributed by atoms with Gasteiger partial charge in [0.25, 0.3) is 0 Å². The Morgan fingerprint density at radius 2 is 1.48 bits per heavy atom. The molecule has 0 spiro atoms. The van der Waals surface area contributed by atoms with E-state index in [0.29, 0.717) is 21.2 Å². The SMILES string of the molecule is CCOC(=O)/C=C(\S/C=C(/C(=O)c1cccc(Cl)c1)c1cccc(Cl)c1)C(=O)OCC. The molecule has 0 aliphatic heterocycles. The monoisotopic (exact) mass is 478 g/mol. The molecule has 0 aliphatic carbocycles. The fourth-order valence-electron chi connectivity index (χ4n) is 2.45. The first-order valence-corrected chi connectivity index (χ1v) is 11.0. The molecule has 2 rings (SSSR count). The number of hydrogen-bond acceptors (Lipinski definition) is 6.